The van der Waals surface area contributed by atoms with Gasteiger partial charge in [-0.15, -0.1) is 0 Å². The highest BCUT2D eigenvalue weighted by molar-refractivity contribution is 5.93. The van der Waals surface area contributed by atoms with E-state index < -0.39 is 10.9 Å². The number of nitro groups is 1. The minimum absolute atomic E-state index is 0.0350. The number of benzene rings is 3. The van der Waals surface area contributed by atoms with Gasteiger partial charge >= 0.3 is 5.97 Å². The van der Waals surface area contributed by atoms with Crippen molar-refractivity contribution in [3.05, 3.63) is 88.5 Å². The topological polar surface area (TPSA) is 80.4 Å². The number of carbonyl (C=O) groups is 1. The van der Waals surface area contributed by atoms with Crippen LogP contribution in [0.4, 0.5) is 5.69 Å². The molecule has 0 saturated heterocycles. The zero-order valence-electron chi connectivity index (χ0n) is 12.5. The summed E-state index contributed by atoms with van der Waals surface area (Å²) in [5.41, 5.74) is 3.08. The van der Waals surface area contributed by atoms with Crippen LogP contribution in [0.5, 0.6) is 0 Å². The zero-order chi connectivity index (χ0) is 17.1. The molecule has 0 spiro atoms. The summed E-state index contributed by atoms with van der Waals surface area (Å²) in [6.07, 6.45) is 0. The molecular weight excluding hydrogens is 306 g/mol. The summed E-state index contributed by atoms with van der Waals surface area (Å²) < 4.78 is 0. The smallest absolute Gasteiger partial charge is 0.335 e. The molecule has 5 nitrogen and oxygen atoms in total. The summed E-state index contributed by atoms with van der Waals surface area (Å²) in [4.78, 5) is 21.9. The van der Waals surface area contributed by atoms with Gasteiger partial charge in [0, 0.05) is 12.1 Å². The van der Waals surface area contributed by atoms with E-state index >= 15 is 0 Å². The third kappa shape index (κ3) is 3.01. The number of carboxylic acid groups (broad SMARTS) is 1. The van der Waals surface area contributed by atoms with Gasteiger partial charge in [-0.2, -0.15) is 0 Å². The molecule has 0 radical (unpaired) electrons. The maximum Gasteiger partial charge on any atom is 0.335 e. The highest BCUT2D eigenvalue weighted by Crippen LogP contribution is 2.34. The van der Waals surface area contributed by atoms with E-state index in [-0.39, 0.29) is 11.3 Å². The summed E-state index contributed by atoms with van der Waals surface area (Å²) in [5.74, 6) is -1.04. The van der Waals surface area contributed by atoms with Crippen molar-refractivity contribution in [2.45, 2.75) is 0 Å². The second kappa shape index (κ2) is 6.34. The fourth-order valence-corrected chi connectivity index (χ4v) is 2.57. The minimum Gasteiger partial charge on any atom is -0.478 e. The first-order valence-corrected chi connectivity index (χ1v) is 7.24. The lowest BCUT2D eigenvalue weighted by molar-refractivity contribution is -0.384. The van der Waals surface area contributed by atoms with Crippen molar-refractivity contribution in [3.63, 3.8) is 0 Å². The SMILES string of the molecule is O=C(O)c1ccc(-c2ccccc2)c(-c2cccc([N+](=O)[O-])c2)c1. The molecule has 1 N–H and O–H groups in total. The Hall–Kier alpha value is -3.47. The van der Waals surface area contributed by atoms with Gasteiger partial charge in [0.1, 0.15) is 0 Å². The van der Waals surface area contributed by atoms with Crippen molar-refractivity contribution in [2.24, 2.45) is 0 Å². The van der Waals surface area contributed by atoms with Crippen LogP contribution >= 0.6 is 0 Å². The molecule has 118 valence electrons. The average Bonchev–Trinajstić information content (AvgIpc) is 2.62. The number of nitrogens with zero attached hydrogens (tertiary/aromatic N) is 1. The quantitative estimate of drug-likeness (QED) is 0.561. The van der Waals surface area contributed by atoms with E-state index in [0.717, 1.165) is 11.1 Å². The molecule has 0 saturated carbocycles. The van der Waals surface area contributed by atoms with Crippen LogP contribution in [0.3, 0.4) is 0 Å². The molecular formula is C19H13NO4. The van der Waals surface area contributed by atoms with E-state index in [1.807, 2.05) is 30.3 Å². The molecule has 0 aliphatic carbocycles. The van der Waals surface area contributed by atoms with Crippen LogP contribution in [0.2, 0.25) is 0 Å². The molecule has 0 aromatic heterocycles. The Morgan fingerprint density at radius 1 is 0.833 bits per heavy atom. The number of non-ortho nitro benzene ring substituents is 1. The molecule has 0 fully saturated rings. The maximum absolute atomic E-state index is 11.3. The fourth-order valence-electron chi connectivity index (χ4n) is 2.57. The molecule has 0 heterocycles. The third-order valence-electron chi connectivity index (χ3n) is 3.72. The van der Waals surface area contributed by atoms with Crippen LogP contribution in [-0.4, -0.2) is 16.0 Å². The van der Waals surface area contributed by atoms with Crippen molar-refractivity contribution in [1.82, 2.24) is 0 Å². The van der Waals surface area contributed by atoms with Crippen molar-refractivity contribution in [1.29, 1.82) is 0 Å². The van der Waals surface area contributed by atoms with Gasteiger partial charge in [0.25, 0.3) is 5.69 Å². The van der Waals surface area contributed by atoms with E-state index in [1.54, 1.807) is 24.3 Å². The van der Waals surface area contributed by atoms with Gasteiger partial charge < -0.3 is 5.11 Å². The van der Waals surface area contributed by atoms with Crippen LogP contribution in [0.1, 0.15) is 10.4 Å². The van der Waals surface area contributed by atoms with E-state index in [9.17, 15) is 20.0 Å². The van der Waals surface area contributed by atoms with Crippen LogP contribution in [0.25, 0.3) is 22.3 Å². The Bertz CT molecular complexity index is 920. The lowest BCUT2D eigenvalue weighted by atomic mass is 9.92. The van der Waals surface area contributed by atoms with Crippen LogP contribution in [0, 0.1) is 10.1 Å². The van der Waals surface area contributed by atoms with Gasteiger partial charge in [0.05, 0.1) is 10.5 Å². The first-order valence-electron chi connectivity index (χ1n) is 7.24. The summed E-state index contributed by atoms with van der Waals surface area (Å²) in [6.45, 7) is 0. The second-order valence-electron chi connectivity index (χ2n) is 5.24. The van der Waals surface area contributed by atoms with Crippen LogP contribution in [0.15, 0.2) is 72.8 Å². The van der Waals surface area contributed by atoms with Crippen molar-refractivity contribution in [2.75, 3.05) is 0 Å². The van der Waals surface area contributed by atoms with Gasteiger partial charge in [0.2, 0.25) is 0 Å². The van der Waals surface area contributed by atoms with Gasteiger partial charge in [-0.05, 0) is 34.4 Å². The Morgan fingerprint density at radius 3 is 2.21 bits per heavy atom. The molecule has 3 aromatic rings. The molecule has 0 unspecified atom stereocenters. The van der Waals surface area contributed by atoms with Gasteiger partial charge in [-0.1, -0.05) is 48.5 Å². The largest absolute Gasteiger partial charge is 0.478 e. The molecule has 5 heteroatoms. The zero-order valence-corrected chi connectivity index (χ0v) is 12.5. The number of aromatic carboxylic acids is 1. The number of nitro benzene ring substituents is 1. The maximum atomic E-state index is 11.3. The van der Waals surface area contributed by atoms with Gasteiger partial charge in [-0.3, -0.25) is 10.1 Å². The summed E-state index contributed by atoms with van der Waals surface area (Å²) in [7, 11) is 0. The highest BCUT2D eigenvalue weighted by atomic mass is 16.6. The third-order valence-corrected chi connectivity index (χ3v) is 3.72. The predicted molar refractivity (Wildman–Crippen MR) is 90.9 cm³/mol. The lowest BCUT2D eigenvalue weighted by Gasteiger charge is -2.11. The van der Waals surface area contributed by atoms with E-state index in [0.29, 0.717) is 11.1 Å². The van der Waals surface area contributed by atoms with Crippen LogP contribution in [-0.2, 0) is 0 Å². The molecule has 0 aliphatic rings. The molecule has 0 amide bonds. The Morgan fingerprint density at radius 2 is 1.54 bits per heavy atom. The summed E-state index contributed by atoms with van der Waals surface area (Å²) in [6, 6.07) is 20.5. The first kappa shape index (κ1) is 15.4. The van der Waals surface area contributed by atoms with E-state index in [1.165, 1.54) is 18.2 Å². The molecule has 0 atom stereocenters. The summed E-state index contributed by atoms with van der Waals surface area (Å²) in [5, 5.41) is 20.3. The second-order valence-corrected chi connectivity index (χ2v) is 5.24. The Labute approximate surface area is 138 Å². The van der Waals surface area contributed by atoms with Gasteiger partial charge in [-0.25, -0.2) is 4.79 Å². The average molecular weight is 319 g/mol. The lowest BCUT2D eigenvalue weighted by Crippen LogP contribution is -1.98. The van der Waals surface area contributed by atoms with E-state index in [4.69, 9.17) is 0 Å². The molecule has 0 bridgehead atoms. The van der Waals surface area contributed by atoms with Crippen molar-refractivity contribution < 1.29 is 14.8 Å². The minimum atomic E-state index is -1.04. The number of hydrogen-bond acceptors (Lipinski definition) is 3. The van der Waals surface area contributed by atoms with E-state index in [2.05, 4.69) is 0 Å². The van der Waals surface area contributed by atoms with Gasteiger partial charge in [0.15, 0.2) is 0 Å². The summed E-state index contributed by atoms with van der Waals surface area (Å²) >= 11 is 0. The standard InChI is InChI=1S/C19H13NO4/c21-19(22)15-9-10-17(13-5-2-1-3-6-13)18(12-15)14-7-4-8-16(11-14)20(23)24/h1-12H,(H,21,22). The number of rotatable bonds is 4. The van der Waals surface area contributed by atoms with Crippen molar-refractivity contribution >= 4 is 11.7 Å². The highest BCUT2D eigenvalue weighted by Gasteiger charge is 2.14. The number of carboxylic acids is 1. The number of hydrogen-bond donors (Lipinski definition) is 1. The predicted octanol–water partition coefficient (Wildman–Crippen LogP) is 4.63. The molecule has 24 heavy (non-hydrogen) atoms. The Kier molecular flexibility index (Phi) is 4.07. The normalized spacial score (nSPS) is 10.3. The molecule has 0 aliphatic heterocycles. The molecule has 3 aromatic carbocycles. The Balaban J connectivity index is 2.24. The van der Waals surface area contributed by atoms with Crippen LogP contribution < -0.4 is 0 Å². The van der Waals surface area contributed by atoms with Crippen molar-refractivity contribution in [3.8, 4) is 22.3 Å². The monoisotopic (exact) mass is 319 g/mol. The first-order chi connectivity index (χ1) is 11.6. The molecule has 3 rings (SSSR count). The fraction of sp³-hybridized carbons (Fsp3) is 0.